The van der Waals surface area contributed by atoms with Gasteiger partial charge in [0.2, 0.25) is 0 Å². The van der Waals surface area contributed by atoms with Crippen LogP contribution in [-0.4, -0.2) is 14.7 Å². The van der Waals surface area contributed by atoms with E-state index in [0.29, 0.717) is 5.75 Å². The fourth-order valence-corrected chi connectivity index (χ4v) is 1.57. The molecular weight excluding hydrogens is 188 g/mol. The first-order valence-corrected chi connectivity index (χ1v) is 5.67. The van der Waals surface area contributed by atoms with Crippen molar-refractivity contribution in [2.75, 3.05) is 6.26 Å². The third-order valence-corrected chi connectivity index (χ3v) is 2.05. The van der Waals surface area contributed by atoms with E-state index in [1.54, 1.807) is 6.07 Å². The van der Waals surface area contributed by atoms with E-state index < -0.39 is 10.1 Å². The van der Waals surface area contributed by atoms with Crippen LogP contribution in [0.2, 0.25) is 0 Å². The molecule has 0 saturated heterocycles. The summed E-state index contributed by atoms with van der Waals surface area (Å²) in [5.74, 6) is 0.396. The second-order valence-electron chi connectivity index (χ2n) is 3.06. The van der Waals surface area contributed by atoms with Gasteiger partial charge in [-0.1, -0.05) is 17.7 Å². The molecule has 1 aromatic carbocycles. The Balaban J connectivity index is 3.04. The van der Waals surface area contributed by atoms with Gasteiger partial charge >= 0.3 is 10.1 Å². The molecule has 0 unspecified atom stereocenters. The molecule has 0 heterocycles. The molecule has 0 amide bonds. The Bertz CT molecular complexity index is 407. The molecule has 0 bridgehead atoms. The number of aryl methyl sites for hydroxylation is 2. The molecule has 0 saturated carbocycles. The quantitative estimate of drug-likeness (QED) is 0.682. The molecule has 0 aliphatic carbocycles. The first kappa shape index (κ1) is 10.1. The molecule has 13 heavy (non-hydrogen) atoms. The van der Waals surface area contributed by atoms with E-state index in [-0.39, 0.29) is 0 Å². The predicted octanol–water partition coefficient (Wildman–Crippen LogP) is 1.64. The van der Waals surface area contributed by atoms with Crippen molar-refractivity contribution < 1.29 is 12.6 Å². The van der Waals surface area contributed by atoms with Gasteiger partial charge in [0.1, 0.15) is 5.75 Å². The molecule has 0 aromatic heterocycles. The fourth-order valence-electron chi connectivity index (χ4n) is 1.06. The van der Waals surface area contributed by atoms with Crippen molar-refractivity contribution >= 4 is 10.1 Å². The van der Waals surface area contributed by atoms with Gasteiger partial charge in [0.05, 0.1) is 6.26 Å². The molecular formula is C9H12O3S. The van der Waals surface area contributed by atoms with Crippen LogP contribution in [0.1, 0.15) is 11.1 Å². The first-order valence-electron chi connectivity index (χ1n) is 3.85. The lowest BCUT2D eigenvalue weighted by Crippen LogP contribution is -2.06. The summed E-state index contributed by atoms with van der Waals surface area (Å²) in [4.78, 5) is 0. The maximum atomic E-state index is 10.8. The lowest BCUT2D eigenvalue weighted by molar-refractivity contribution is 0.491. The Morgan fingerprint density at radius 3 is 2.31 bits per heavy atom. The maximum Gasteiger partial charge on any atom is 0.306 e. The summed E-state index contributed by atoms with van der Waals surface area (Å²) in [5, 5.41) is 0. The normalized spacial score (nSPS) is 11.3. The smallest absolute Gasteiger partial charge is 0.306 e. The zero-order valence-electron chi connectivity index (χ0n) is 7.87. The van der Waals surface area contributed by atoms with Crippen molar-refractivity contribution in [3.63, 3.8) is 0 Å². The minimum absolute atomic E-state index is 0.396. The van der Waals surface area contributed by atoms with Crippen molar-refractivity contribution in [1.82, 2.24) is 0 Å². The monoisotopic (exact) mass is 200 g/mol. The van der Waals surface area contributed by atoms with Crippen molar-refractivity contribution in [2.45, 2.75) is 13.8 Å². The summed E-state index contributed by atoms with van der Waals surface area (Å²) in [6.45, 7) is 3.75. The Hall–Kier alpha value is -1.03. The molecule has 0 N–H and O–H groups in total. The molecule has 1 aromatic rings. The Kier molecular flexibility index (Phi) is 2.61. The summed E-state index contributed by atoms with van der Waals surface area (Å²) in [6, 6.07) is 5.35. The highest BCUT2D eigenvalue weighted by Gasteiger charge is 2.06. The van der Waals surface area contributed by atoms with E-state index in [2.05, 4.69) is 0 Å². The van der Waals surface area contributed by atoms with Crippen LogP contribution in [0.5, 0.6) is 5.75 Å². The summed E-state index contributed by atoms with van der Waals surface area (Å²) in [7, 11) is -3.41. The van der Waals surface area contributed by atoms with Crippen LogP contribution >= 0.6 is 0 Å². The van der Waals surface area contributed by atoms with Crippen molar-refractivity contribution in [1.29, 1.82) is 0 Å². The van der Waals surface area contributed by atoms with Gasteiger partial charge in [0.15, 0.2) is 0 Å². The SMILES string of the molecule is Cc1ccc(OS(C)(=O)=O)c(C)c1. The highest BCUT2D eigenvalue weighted by Crippen LogP contribution is 2.19. The van der Waals surface area contributed by atoms with Gasteiger partial charge in [-0.3, -0.25) is 0 Å². The fraction of sp³-hybridized carbons (Fsp3) is 0.333. The van der Waals surface area contributed by atoms with E-state index in [1.165, 1.54) is 0 Å². The van der Waals surface area contributed by atoms with Crippen LogP contribution in [0.4, 0.5) is 0 Å². The predicted molar refractivity (Wildman–Crippen MR) is 51.4 cm³/mol. The van der Waals surface area contributed by atoms with Crippen LogP contribution in [0, 0.1) is 13.8 Å². The van der Waals surface area contributed by atoms with Gasteiger partial charge in [-0.15, -0.1) is 0 Å². The van der Waals surface area contributed by atoms with E-state index in [9.17, 15) is 8.42 Å². The van der Waals surface area contributed by atoms with Crippen LogP contribution in [-0.2, 0) is 10.1 Å². The number of hydrogen-bond acceptors (Lipinski definition) is 3. The summed E-state index contributed by atoms with van der Waals surface area (Å²) < 4.78 is 26.4. The van der Waals surface area contributed by atoms with Crippen LogP contribution in [0.3, 0.4) is 0 Å². The van der Waals surface area contributed by atoms with Crippen LogP contribution in [0.15, 0.2) is 18.2 Å². The standard InChI is InChI=1S/C9H12O3S/c1-7-4-5-9(8(2)6-7)12-13(3,10)11/h4-6H,1-3H3. The largest absolute Gasteiger partial charge is 0.382 e. The highest BCUT2D eigenvalue weighted by atomic mass is 32.2. The zero-order chi connectivity index (χ0) is 10.1. The second kappa shape index (κ2) is 3.38. The Morgan fingerprint density at radius 1 is 1.23 bits per heavy atom. The Morgan fingerprint density at radius 2 is 1.85 bits per heavy atom. The van der Waals surface area contributed by atoms with Gasteiger partial charge in [0.25, 0.3) is 0 Å². The third kappa shape index (κ3) is 3.06. The van der Waals surface area contributed by atoms with Crippen molar-refractivity contribution in [3.8, 4) is 5.75 Å². The van der Waals surface area contributed by atoms with E-state index >= 15 is 0 Å². The molecule has 72 valence electrons. The number of hydrogen-bond donors (Lipinski definition) is 0. The minimum atomic E-state index is -3.41. The molecule has 4 heteroatoms. The van der Waals surface area contributed by atoms with Gasteiger partial charge < -0.3 is 4.18 Å². The van der Waals surface area contributed by atoms with Crippen molar-refractivity contribution in [2.24, 2.45) is 0 Å². The molecule has 0 aliphatic heterocycles. The summed E-state index contributed by atoms with van der Waals surface area (Å²) >= 11 is 0. The minimum Gasteiger partial charge on any atom is -0.382 e. The first-order chi connectivity index (χ1) is 5.88. The number of benzene rings is 1. The Labute approximate surface area is 78.5 Å². The molecule has 0 radical (unpaired) electrons. The summed E-state index contributed by atoms with van der Waals surface area (Å²) in [5.41, 5.74) is 1.91. The highest BCUT2D eigenvalue weighted by molar-refractivity contribution is 7.86. The molecule has 0 atom stereocenters. The second-order valence-corrected chi connectivity index (χ2v) is 4.63. The van der Waals surface area contributed by atoms with E-state index in [4.69, 9.17) is 4.18 Å². The van der Waals surface area contributed by atoms with E-state index in [1.807, 2.05) is 26.0 Å². The average Bonchev–Trinajstić information content (AvgIpc) is 1.93. The lowest BCUT2D eigenvalue weighted by atomic mass is 10.1. The third-order valence-electron chi connectivity index (χ3n) is 1.57. The summed E-state index contributed by atoms with van der Waals surface area (Å²) in [6.07, 6.45) is 1.03. The van der Waals surface area contributed by atoms with E-state index in [0.717, 1.165) is 17.4 Å². The van der Waals surface area contributed by atoms with Gasteiger partial charge in [-0.25, -0.2) is 0 Å². The maximum absolute atomic E-state index is 10.8. The molecule has 0 spiro atoms. The van der Waals surface area contributed by atoms with Gasteiger partial charge in [-0.05, 0) is 25.5 Å². The molecule has 0 fully saturated rings. The van der Waals surface area contributed by atoms with Gasteiger partial charge in [-0.2, -0.15) is 8.42 Å². The topological polar surface area (TPSA) is 43.4 Å². The van der Waals surface area contributed by atoms with Gasteiger partial charge in [0, 0.05) is 0 Å². The zero-order valence-corrected chi connectivity index (χ0v) is 8.68. The van der Waals surface area contributed by atoms with Crippen LogP contribution in [0.25, 0.3) is 0 Å². The molecule has 1 rings (SSSR count). The average molecular weight is 200 g/mol. The lowest BCUT2D eigenvalue weighted by Gasteiger charge is -2.06. The number of rotatable bonds is 2. The van der Waals surface area contributed by atoms with Crippen LogP contribution < -0.4 is 4.18 Å². The molecule has 3 nitrogen and oxygen atoms in total. The molecule has 0 aliphatic rings. The van der Waals surface area contributed by atoms with Crippen molar-refractivity contribution in [3.05, 3.63) is 29.3 Å².